The molecule has 0 atom stereocenters. The van der Waals surface area contributed by atoms with Crippen molar-refractivity contribution >= 4 is 22.9 Å². The molecule has 0 radical (unpaired) electrons. The zero-order chi connectivity index (χ0) is 9.14. The van der Waals surface area contributed by atoms with E-state index in [2.05, 4.69) is 6.58 Å². The van der Waals surface area contributed by atoms with Crippen LogP contribution in [0, 0.1) is 11.3 Å². The molecule has 0 aliphatic carbocycles. The molecule has 0 fully saturated rings. The maximum Gasteiger partial charge on any atom is 0.336 e. The monoisotopic (exact) mass is 179 g/mol. The SMILES string of the molecule is C=C(C(=O)O)c1cc(C#N)cs1. The van der Waals surface area contributed by atoms with Crippen molar-refractivity contribution in [3.63, 3.8) is 0 Å². The smallest absolute Gasteiger partial charge is 0.336 e. The fourth-order valence-corrected chi connectivity index (χ4v) is 1.46. The largest absolute Gasteiger partial charge is 0.478 e. The van der Waals surface area contributed by atoms with Crippen molar-refractivity contribution in [1.29, 1.82) is 5.26 Å². The van der Waals surface area contributed by atoms with Gasteiger partial charge >= 0.3 is 5.97 Å². The average Bonchev–Trinajstić information content (AvgIpc) is 2.50. The van der Waals surface area contributed by atoms with Gasteiger partial charge in [0.25, 0.3) is 0 Å². The van der Waals surface area contributed by atoms with Gasteiger partial charge in [-0.2, -0.15) is 5.26 Å². The molecule has 4 heteroatoms. The summed E-state index contributed by atoms with van der Waals surface area (Å²) in [5, 5.41) is 18.6. The number of carbonyl (C=O) groups is 1. The first-order chi connectivity index (χ1) is 5.65. The highest BCUT2D eigenvalue weighted by atomic mass is 32.1. The van der Waals surface area contributed by atoms with Gasteiger partial charge in [0.2, 0.25) is 0 Å². The Bertz CT molecular complexity index is 373. The lowest BCUT2D eigenvalue weighted by molar-refractivity contribution is -0.130. The molecule has 1 aromatic heterocycles. The number of thiophene rings is 1. The number of carboxylic acids is 1. The maximum atomic E-state index is 10.4. The Kier molecular flexibility index (Phi) is 2.26. The summed E-state index contributed by atoms with van der Waals surface area (Å²) in [6.07, 6.45) is 0. The van der Waals surface area contributed by atoms with Gasteiger partial charge in [0.15, 0.2) is 0 Å². The molecule has 0 amide bonds. The predicted octanol–water partition coefficient (Wildman–Crippen LogP) is 1.72. The van der Waals surface area contributed by atoms with Crippen LogP contribution in [-0.4, -0.2) is 11.1 Å². The van der Waals surface area contributed by atoms with E-state index in [4.69, 9.17) is 10.4 Å². The molecule has 0 aromatic carbocycles. The van der Waals surface area contributed by atoms with Crippen LogP contribution in [0.5, 0.6) is 0 Å². The van der Waals surface area contributed by atoms with Crippen molar-refractivity contribution in [1.82, 2.24) is 0 Å². The van der Waals surface area contributed by atoms with Crippen LogP contribution >= 0.6 is 11.3 Å². The van der Waals surface area contributed by atoms with Crippen molar-refractivity contribution in [2.24, 2.45) is 0 Å². The topological polar surface area (TPSA) is 61.1 Å². The summed E-state index contributed by atoms with van der Waals surface area (Å²) in [5.41, 5.74) is 0.499. The minimum absolute atomic E-state index is 0.0292. The Balaban J connectivity index is 2.99. The molecule has 0 saturated heterocycles. The van der Waals surface area contributed by atoms with E-state index in [0.29, 0.717) is 10.4 Å². The first-order valence-corrected chi connectivity index (χ1v) is 3.94. The van der Waals surface area contributed by atoms with Crippen molar-refractivity contribution in [2.75, 3.05) is 0 Å². The minimum atomic E-state index is -1.05. The molecular weight excluding hydrogens is 174 g/mol. The third kappa shape index (κ3) is 1.52. The van der Waals surface area contributed by atoms with Gasteiger partial charge in [0.1, 0.15) is 6.07 Å². The number of hydrogen-bond donors (Lipinski definition) is 1. The van der Waals surface area contributed by atoms with Crippen LogP contribution in [0.15, 0.2) is 18.0 Å². The van der Waals surface area contributed by atoms with Crippen LogP contribution in [-0.2, 0) is 4.79 Å². The molecule has 3 nitrogen and oxygen atoms in total. The van der Waals surface area contributed by atoms with Gasteiger partial charge in [-0.05, 0) is 6.07 Å². The second-order valence-corrected chi connectivity index (χ2v) is 3.01. The summed E-state index contributed by atoms with van der Waals surface area (Å²) >= 11 is 1.21. The van der Waals surface area contributed by atoms with Crippen molar-refractivity contribution < 1.29 is 9.90 Å². The summed E-state index contributed by atoms with van der Waals surface area (Å²) in [6, 6.07) is 3.43. The number of rotatable bonds is 2. The standard InChI is InChI=1S/C8H5NO2S/c1-5(8(10)11)7-2-6(3-9)4-12-7/h2,4H,1H2,(H,10,11). The van der Waals surface area contributed by atoms with Crippen LogP contribution < -0.4 is 0 Å². The van der Waals surface area contributed by atoms with Crippen LogP contribution in [0.2, 0.25) is 0 Å². The van der Waals surface area contributed by atoms with E-state index in [1.54, 1.807) is 5.38 Å². The van der Waals surface area contributed by atoms with E-state index in [9.17, 15) is 4.79 Å². The van der Waals surface area contributed by atoms with E-state index in [1.165, 1.54) is 17.4 Å². The lowest BCUT2D eigenvalue weighted by Crippen LogP contribution is -1.95. The van der Waals surface area contributed by atoms with E-state index < -0.39 is 5.97 Å². The highest BCUT2D eigenvalue weighted by Gasteiger charge is 2.09. The van der Waals surface area contributed by atoms with E-state index in [1.807, 2.05) is 6.07 Å². The molecule has 1 rings (SSSR count). The van der Waals surface area contributed by atoms with Gasteiger partial charge in [-0.3, -0.25) is 0 Å². The first kappa shape index (κ1) is 8.50. The van der Waals surface area contributed by atoms with Gasteiger partial charge in [-0.1, -0.05) is 6.58 Å². The van der Waals surface area contributed by atoms with Crippen molar-refractivity contribution in [3.05, 3.63) is 28.5 Å². The lowest BCUT2D eigenvalue weighted by Gasteiger charge is -1.91. The van der Waals surface area contributed by atoms with Crippen LogP contribution in [0.1, 0.15) is 10.4 Å². The van der Waals surface area contributed by atoms with Gasteiger partial charge in [0, 0.05) is 10.3 Å². The number of aliphatic carboxylic acids is 1. The number of nitriles is 1. The Morgan fingerprint density at radius 1 is 1.75 bits per heavy atom. The van der Waals surface area contributed by atoms with E-state index >= 15 is 0 Å². The molecule has 1 aromatic rings. The zero-order valence-electron chi connectivity index (χ0n) is 6.07. The second kappa shape index (κ2) is 3.20. The summed E-state index contributed by atoms with van der Waals surface area (Å²) in [4.78, 5) is 10.9. The fourth-order valence-electron chi connectivity index (χ4n) is 0.659. The molecule has 0 bridgehead atoms. The Hall–Kier alpha value is -1.60. The predicted molar refractivity (Wildman–Crippen MR) is 45.7 cm³/mol. The highest BCUT2D eigenvalue weighted by molar-refractivity contribution is 7.11. The summed E-state index contributed by atoms with van der Waals surface area (Å²) in [6.45, 7) is 3.37. The second-order valence-electron chi connectivity index (χ2n) is 2.10. The highest BCUT2D eigenvalue weighted by Crippen LogP contribution is 2.21. The average molecular weight is 179 g/mol. The molecule has 0 aliphatic rings. The van der Waals surface area contributed by atoms with Crippen molar-refractivity contribution in [3.8, 4) is 6.07 Å². The Morgan fingerprint density at radius 3 is 2.83 bits per heavy atom. The molecular formula is C8H5NO2S. The van der Waals surface area contributed by atoms with Gasteiger partial charge in [-0.15, -0.1) is 11.3 Å². The summed E-state index contributed by atoms with van der Waals surface area (Å²) in [7, 11) is 0. The zero-order valence-corrected chi connectivity index (χ0v) is 6.89. The van der Waals surface area contributed by atoms with Gasteiger partial charge < -0.3 is 5.11 Å². The molecule has 60 valence electrons. The summed E-state index contributed by atoms with van der Waals surface area (Å²) in [5.74, 6) is -1.05. The van der Waals surface area contributed by atoms with Crippen LogP contribution in [0.4, 0.5) is 0 Å². The molecule has 12 heavy (non-hydrogen) atoms. The van der Waals surface area contributed by atoms with E-state index in [-0.39, 0.29) is 5.57 Å². The normalized spacial score (nSPS) is 8.92. The molecule has 0 saturated carbocycles. The maximum absolute atomic E-state index is 10.4. The van der Waals surface area contributed by atoms with Crippen LogP contribution in [0.25, 0.3) is 5.57 Å². The number of nitrogens with zero attached hydrogens (tertiary/aromatic N) is 1. The number of carboxylic acid groups (broad SMARTS) is 1. The number of hydrogen-bond acceptors (Lipinski definition) is 3. The Labute approximate surface area is 73.2 Å². The van der Waals surface area contributed by atoms with Gasteiger partial charge in [0.05, 0.1) is 11.1 Å². The lowest BCUT2D eigenvalue weighted by atomic mass is 10.2. The Morgan fingerprint density at radius 2 is 2.42 bits per heavy atom. The molecule has 0 spiro atoms. The molecule has 0 aliphatic heterocycles. The molecule has 0 unspecified atom stereocenters. The van der Waals surface area contributed by atoms with E-state index in [0.717, 1.165) is 0 Å². The fraction of sp³-hybridized carbons (Fsp3) is 0. The molecule has 1 N–H and O–H groups in total. The van der Waals surface area contributed by atoms with Gasteiger partial charge in [-0.25, -0.2) is 4.79 Å². The third-order valence-electron chi connectivity index (χ3n) is 1.28. The summed E-state index contributed by atoms with van der Waals surface area (Å²) < 4.78 is 0. The minimum Gasteiger partial charge on any atom is -0.478 e. The van der Waals surface area contributed by atoms with Crippen molar-refractivity contribution in [2.45, 2.75) is 0 Å². The third-order valence-corrected chi connectivity index (χ3v) is 2.27. The van der Waals surface area contributed by atoms with Crippen LogP contribution in [0.3, 0.4) is 0 Å². The molecule has 1 heterocycles. The quantitative estimate of drug-likeness (QED) is 0.703. The first-order valence-electron chi connectivity index (χ1n) is 3.06.